The lowest BCUT2D eigenvalue weighted by Crippen LogP contribution is -2.23. The van der Waals surface area contributed by atoms with Crippen molar-refractivity contribution in [2.75, 3.05) is 0 Å². The van der Waals surface area contributed by atoms with E-state index in [-0.39, 0.29) is 5.96 Å². The molecule has 0 saturated carbocycles. The summed E-state index contributed by atoms with van der Waals surface area (Å²) in [5.41, 5.74) is 9.73. The predicted octanol–water partition coefficient (Wildman–Crippen LogP) is 1.83. The van der Waals surface area contributed by atoms with Crippen molar-refractivity contribution in [2.45, 2.75) is 20.3 Å². The maximum absolute atomic E-state index is 7.44. The van der Waals surface area contributed by atoms with Gasteiger partial charge in [0.25, 0.3) is 0 Å². The average Bonchev–Trinajstić information content (AvgIpc) is 2.58. The molecule has 17 heavy (non-hydrogen) atoms. The van der Waals surface area contributed by atoms with Crippen molar-refractivity contribution in [3.05, 3.63) is 52.8 Å². The summed E-state index contributed by atoms with van der Waals surface area (Å²) in [6.45, 7) is 3.89. The van der Waals surface area contributed by atoms with E-state index in [0.717, 1.165) is 23.4 Å². The van der Waals surface area contributed by atoms with E-state index in [1.807, 2.05) is 32.0 Å². The van der Waals surface area contributed by atoms with Crippen LogP contribution < -0.4 is 5.73 Å². The summed E-state index contributed by atoms with van der Waals surface area (Å²) in [6.07, 6.45) is 0.825. The van der Waals surface area contributed by atoms with Crippen LogP contribution in [0.1, 0.15) is 22.5 Å². The molecule has 1 heterocycles. The lowest BCUT2D eigenvalue weighted by molar-refractivity contribution is 0.862. The fraction of sp³-hybridized carbons (Fsp3) is 0.231. The zero-order valence-corrected chi connectivity index (χ0v) is 10.1. The van der Waals surface area contributed by atoms with Gasteiger partial charge in [-0.1, -0.05) is 30.3 Å². The van der Waals surface area contributed by atoms with Crippen molar-refractivity contribution in [1.29, 1.82) is 5.41 Å². The Labute approximate surface area is 101 Å². The van der Waals surface area contributed by atoms with Gasteiger partial charge in [0.05, 0.1) is 5.69 Å². The topological polar surface area (TPSA) is 67.7 Å². The Morgan fingerprint density at radius 3 is 2.47 bits per heavy atom. The molecular weight excluding hydrogens is 212 g/mol. The number of aryl methyl sites for hydroxylation is 1. The number of rotatable bonds is 2. The first-order valence-electron chi connectivity index (χ1n) is 5.53. The highest BCUT2D eigenvalue weighted by molar-refractivity contribution is 5.77. The van der Waals surface area contributed by atoms with Gasteiger partial charge in [-0.2, -0.15) is 5.10 Å². The molecule has 4 heteroatoms. The molecule has 0 amide bonds. The zero-order valence-electron chi connectivity index (χ0n) is 10.1. The minimum absolute atomic E-state index is 0.0371. The number of hydrogen-bond donors (Lipinski definition) is 2. The summed E-state index contributed by atoms with van der Waals surface area (Å²) < 4.78 is 1.48. The van der Waals surface area contributed by atoms with Gasteiger partial charge >= 0.3 is 0 Å². The van der Waals surface area contributed by atoms with Gasteiger partial charge < -0.3 is 5.73 Å². The molecule has 88 valence electrons. The minimum atomic E-state index is -0.0371. The maximum Gasteiger partial charge on any atom is 0.213 e. The number of nitrogens with two attached hydrogens (primary N) is 1. The zero-order chi connectivity index (χ0) is 12.4. The molecule has 0 bridgehead atoms. The third kappa shape index (κ3) is 2.20. The fourth-order valence-electron chi connectivity index (χ4n) is 1.97. The molecule has 2 rings (SSSR count). The highest BCUT2D eigenvalue weighted by Crippen LogP contribution is 2.17. The summed E-state index contributed by atoms with van der Waals surface area (Å²) in [6, 6.07) is 10.2. The van der Waals surface area contributed by atoms with Gasteiger partial charge in [0.1, 0.15) is 0 Å². The molecule has 2 aromatic rings. The van der Waals surface area contributed by atoms with Crippen LogP contribution in [0, 0.1) is 19.3 Å². The first kappa shape index (κ1) is 11.4. The summed E-state index contributed by atoms with van der Waals surface area (Å²) in [5.74, 6) is -0.0371. The van der Waals surface area contributed by atoms with Crippen LogP contribution in [-0.4, -0.2) is 15.7 Å². The Bertz CT molecular complexity index is 540. The van der Waals surface area contributed by atoms with E-state index < -0.39 is 0 Å². The van der Waals surface area contributed by atoms with Crippen LogP contribution >= 0.6 is 0 Å². The minimum Gasteiger partial charge on any atom is -0.368 e. The molecule has 3 N–H and O–H groups in total. The van der Waals surface area contributed by atoms with Crippen LogP contribution in [0.2, 0.25) is 0 Å². The first-order chi connectivity index (χ1) is 8.09. The third-order valence-electron chi connectivity index (χ3n) is 2.89. The molecule has 0 unspecified atom stereocenters. The van der Waals surface area contributed by atoms with Gasteiger partial charge in [0, 0.05) is 17.7 Å². The van der Waals surface area contributed by atoms with Crippen LogP contribution in [0.15, 0.2) is 30.3 Å². The summed E-state index contributed by atoms with van der Waals surface area (Å²) in [4.78, 5) is 0. The largest absolute Gasteiger partial charge is 0.368 e. The molecule has 0 aliphatic heterocycles. The van der Waals surface area contributed by atoms with E-state index in [1.165, 1.54) is 10.2 Å². The third-order valence-corrected chi connectivity index (χ3v) is 2.89. The van der Waals surface area contributed by atoms with Gasteiger partial charge in [-0.3, -0.25) is 5.41 Å². The van der Waals surface area contributed by atoms with Crippen molar-refractivity contribution in [3.63, 3.8) is 0 Å². The summed E-state index contributed by atoms with van der Waals surface area (Å²) in [5, 5.41) is 11.7. The van der Waals surface area contributed by atoms with Crippen LogP contribution in [0.5, 0.6) is 0 Å². The van der Waals surface area contributed by atoms with E-state index in [4.69, 9.17) is 11.1 Å². The molecule has 1 aromatic heterocycles. The summed E-state index contributed by atoms with van der Waals surface area (Å²) in [7, 11) is 0. The van der Waals surface area contributed by atoms with E-state index >= 15 is 0 Å². The quantitative estimate of drug-likeness (QED) is 0.608. The van der Waals surface area contributed by atoms with Crippen LogP contribution in [0.4, 0.5) is 0 Å². The van der Waals surface area contributed by atoms with Gasteiger partial charge in [-0.25, -0.2) is 4.68 Å². The fourth-order valence-corrected chi connectivity index (χ4v) is 1.97. The van der Waals surface area contributed by atoms with Crippen molar-refractivity contribution in [1.82, 2.24) is 9.78 Å². The van der Waals surface area contributed by atoms with Crippen molar-refractivity contribution >= 4 is 5.96 Å². The smallest absolute Gasteiger partial charge is 0.213 e. The number of hydrogen-bond acceptors (Lipinski definition) is 2. The summed E-state index contributed by atoms with van der Waals surface area (Å²) >= 11 is 0. The highest BCUT2D eigenvalue weighted by atomic mass is 15.3. The molecular formula is C13H16N4. The molecule has 4 nitrogen and oxygen atoms in total. The van der Waals surface area contributed by atoms with Gasteiger partial charge in [-0.05, 0) is 19.4 Å². The second-order valence-electron chi connectivity index (χ2n) is 4.11. The molecule has 0 saturated heterocycles. The molecule has 0 aliphatic rings. The molecule has 0 spiro atoms. The normalized spacial score (nSPS) is 10.5. The molecule has 0 radical (unpaired) electrons. The van der Waals surface area contributed by atoms with Gasteiger partial charge in [-0.15, -0.1) is 0 Å². The second kappa shape index (κ2) is 4.41. The number of nitrogens with one attached hydrogen (secondary N) is 1. The Morgan fingerprint density at radius 1 is 1.29 bits per heavy atom. The molecule has 0 aliphatic carbocycles. The monoisotopic (exact) mass is 228 g/mol. The number of benzene rings is 1. The van der Waals surface area contributed by atoms with E-state index in [0.29, 0.717) is 0 Å². The van der Waals surface area contributed by atoms with Crippen LogP contribution in [0.3, 0.4) is 0 Å². The number of aromatic nitrogens is 2. The van der Waals surface area contributed by atoms with E-state index in [2.05, 4.69) is 17.2 Å². The maximum atomic E-state index is 7.44. The van der Waals surface area contributed by atoms with Crippen molar-refractivity contribution in [3.8, 4) is 0 Å². The number of nitrogen functional groups attached to an aromatic ring is 1. The van der Waals surface area contributed by atoms with E-state index in [1.54, 1.807) is 0 Å². The lowest BCUT2D eigenvalue weighted by atomic mass is 10.0. The average molecular weight is 228 g/mol. The Kier molecular flexibility index (Phi) is 2.95. The van der Waals surface area contributed by atoms with Gasteiger partial charge in [0.15, 0.2) is 0 Å². The molecule has 0 fully saturated rings. The van der Waals surface area contributed by atoms with Gasteiger partial charge in [0.2, 0.25) is 5.96 Å². The Balaban J connectivity index is 2.37. The standard InChI is InChI=1S/C13H16N4/c1-9-12(8-11-6-4-3-5-7-11)10(2)17(16-9)13(14)15/h3-7H,8H2,1-2H3,(H3,14,15). The van der Waals surface area contributed by atoms with Crippen LogP contribution in [-0.2, 0) is 6.42 Å². The van der Waals surface area contributed by atoms with Crippen LogP contribution in [0.25, 0.3) is 0 Å². The lowest BCUT2D eigenvalue weighted by Gasteiger charge is -2.03. The molecule has 0 atom stereocenters. The van der Waals surface area contributed by atoms with E-state index in [9.17, 15) is 0 Å². The predicted molar refractivity (Wildman–Crippen MR) is 68.3 cm³/mol. The SMILES string of the molecule is Cc1nn(C(=N)N)c(C)c1Cc1ccccc1. The van der Waals surface area contributed by atoms with Crippen molar-refractivity contribution in [2.24, 2.45) is 5.73 Å². The molecule has 1 aromatic carbocycles. The highest BCUT2D eigenvalue weighted by Gasteiger charge is 2.12. The van der Waals surface area contributed by atoms with Crippen molar-refractivity contribution < 1.29 is 0 Å². The second-order valence-corrected chi connectivity index (χ2v) is 4.11. The Morgan fingerprint density at radius 2 is 1.94 bits per heavy atom. The Hall–Kier alpha value is -2.10. The number of nitrogens with zero attached hydrogens (tertiary/aromatic N) is 2. The first-order valence-corrected chi connectivity index (χ1v) is 5.53.